The van der Waals surface area contributed by atoms with Gasteiger partial charge in [-0.2, -0.15) is 0 Å². The summed E-state index contributed by atoms with van der Waals surface area (Å²) in [6.45, 7) is 0. The smallest absolute Gasteiger partial charge is 0.139 e. The van der Waals surface area contributed by atoms with E-state index in [1.54, 1.807) is 22.9 Å². The van der Waals surface area contributed by atoms with Gasteiger partial charge in [0.05, 0.1) is 10.5 Å². The van der Waals surface area contributed by atoms with Crippen molar-refractivity contribution in [2.75, 3.05) is 5.73 Å². The summed E-state index contributed by atoms with van der Waals surface area (Å²) < 4.78 is 1.80. The van der Waals surface area contributed by atoms with E-state index in [0.29, 0.717) is 10.8 Å². The minimum atomic E-state index is 0.579. The summed E-state index contributed by atoms with van der Waals surface area (Å²) in [6.07, 6.45) is 3.55. The molecule has 0 atom stereocenters. The van der Waals surface area contributed by atoms with Gasteiger partial charge in [-0.1, -0.05) is 23.7 Å². The Morgan fingerprint density at radius 2 is 2.00 bits per heavy atom. The van der Waals surface area contributed by atoms with Crippen molar-refractivity contribution >= 4 is 34.0 Å². The second-order valence-electron chi connectivity index (χ2n) is 4.83. The summed E-state index contributed by atoms with van der Waals surface area (Å²) in [4.78, 5) is 8.91. The molecule has 0 aliphatic heterocycles. The van der Waals surface area contributed by atoms with Crippen LogP contribution in [-0.4, -0.2) is 14.4 Å². The van der Waals surface area contributed by atoms with Gasteiger partial charge in [0.2, 0.25) is 0 Å². The Morgan fingerprint density at radius 1 is 1.10 bits per heavy atom. The van der Waals surface area contributed by atoms with Crippen LogP contribution in [-0.2, 0) is 0 Å². The van der Waals surface area contributed by atoms with Crippen molar-refractivity contribution < 1.29 is 0 Å². The van der Waals surface area contributed by atoms with Gasteiger partial charge in [-0.15, -0.1) is 0 Å². The Hall–Kier alpha value is -2.59. The Bertz CT molecular complexity index is 975. The van der Waals surface area contributed by atoms with Gasteiger partial charge in [-0.05, 0) is 30.3 Å². The molecule has 0 radical (unpaired) electrons. The summed E-state index contributed by atoms with van der Waals surface area (Å²) >= 11 is 6.01. The average Bonchev–Trinajstić information content (AvgIpc) is 2.84. The molecule has 102 valence electrons. The summed E-state index contributed by atoms with van der Waals surface area (Å²) in [6, 6.07) is 13.6. The summed E-state index contributed by atoms with van der Waals surface area (Å²) in [7, 11) is 0. The van der Waals surface area contributed by atoms with Gasteiger partial charge >= 0.3 is 0 Å². The zero-order valence-corrected chi connectivity index (χ0v) is 11.7. The highest BCUT2D eigenvalue weighted by Gasteiger charge is 2.12. The van der Waals surface area contributed by atoms with Crippen molar-refractivity contribution in [1.82, 2.24) is 14.4 Å². The molecule has 5 heteroatoms. The number of fused-ring (bicyclic) bond motifs is 2. The van der Waals surface area contributed by atoms with Crippen LogP contribution in [0.25, 0.3) is 27.8 Å². The molecule has 0 unspecified atom stereocenters. The molecule has 21 heavy (non-hydrogen) atoms. The van der Waals surface area contributed by atoms with Crippen LogP contribution >= 0.6 is 11.6 Å². The number of aromatic nitrogens is 3. The van der Waals surface area contributed by atoms with E-state index in [1.165, 1.54) is 0 Å². The van der Waals surface area contributed by atoms with E-state index in [4.69, 9.17) is 17.3 Å². The molecule has 4 aromatic rings. The van der Waals surface area contributed by atoms with Crippen molar-refractivity contribution in [3.8, 4) is 11.3 Å². The number of pyridine rings is 2. The second-order valence-corrected chi connectivity index (χ2v) is 5.27. The highest BCUT2D eigenvalue weighted by Crippen LogP contribution is 2.29. The standard InChI is InChI=1S/C16H11ClN4/c17-12-4-6-14-20-15(16(18)21(14)9-12)11-3-5-13-10(8-11)2-1-7-19-13/h1-9H,18H2. The molecule has 4 rings (SSSR count). The Kier molecular flexibility index (Phi) is 2.59. The van der Waals surface area contributed by atoms with E-state index in [1.807, 2.05) is 36.4 Å². The molecule has 0 aliphatic carbocycles. The molecule has 0 bridgehead atoms. The zero-order valence-electron chi connectivity index (χ0n) is 11.0. The number of halogens is 1. The van der Waals surface area contributed by atoms with Gasteiger partial charge in [0.1, 0.15) is 17.2 Å². The first-order chi connectivity index (χ1) is 10.2. The van der Waals surface area contributed by atoms with E-state index in [2.05, 4.69) is 9.97 Å². The highest BCUT2D eigenvalue weighted by atomic mass is 35.5. The Labute approximate surface area is 125 Å². The van der Waals surface area contributed by atoms with Crippen LogP contribution in [0.4, 0.5) is 5.82 Å². The van der Waals surface area contributed by atoms with Gasteiger partial charge in [0.15, 0.2) is 0 Å². The lowest BCUT2D eigenvalue weighted by Crippen LogP contribution is -1.94. The normalized spacial score (nSPS) is 11.3. The zero-order chi connectivity index (χ0) is 14.4. The van der Waals surface area contributed by atoms with Crippen LogP contribution < -0.4 is 5.73 Å². The molecule has 0 amide bonds. The number of nitrogens with two attached hydrogens (primary N) is 1. The van der Waals surface area contributed by atoms with Gasteiger partial charge in [-0.3, -0.25) is 9.38 Å². The molecule has 3 heterocycles. The van der Waals surface area contributed by atoms with Gasteiger partial charge in [0.25, 0.3) is 0 Å². The van der Waals surface area contributed by atoms with Crippen LogP contribution in [0.15, 0.2) is 54.9 Å². The lowest BCUT2D eigenvalue weighted by molar-refractivity contribution is 1.20. The van der Waals surface area contributed by atoms with Crippen molar-refractivity contribution in [3.05, 3.63) is 59.9 Å². The minimum Gasteiger partial charge on any atom is -0.383 e. The first-order valence-electron chi connectivity index (χ1n) is 6.50. The third kappa shape index (κ3) is 1.92. The number of anilines is 1. The Balaban J connectivity index is 1.97. The number of nitrogen functional groups attached to an aromatic ring is 1. The third-order valence-electron chi connectivity index (χ3n) is 3.50. The third-order valence-corrected chi connectivity index (χ3v) is 3.72. The van der Waals surface area contributed by atoms with Crippen LogP contribution in [0.5, 0.6) is 0 Å². The van der Waals surface area contributed by atoms with Gasteiger partial charge in [0, 0.05) is 23.3 Å². The van der Waals surface area contributed by atoms with E-state index in [9.17, 15) is 0 Å². The van der Waals surface area contributed by atoms with E-state index in [-0.39, 0.29) is 0 Å². The molecule has 0 fully saturated rings. The number of hydrogen-bond donors (Lipinski definition) is 1. The minimum absolute atomic E-state index is 0.579. The van der Waals surface area contributed by atoms with Crippen LogP contribution in [0.2, 0.25) is 5.02 Å². The molecule has 3 aromatic heterocycles. The van der Waals surface area contributed by atoms with Crippen molar-refractivity contribution in [2.45, 2.75) is 0 Å². The first kappa shape index (κ1) is 12.2. The van der Waals surface area contributed by atoms with E-state index >= 15 is 0 Å². The van der Waals surface area contributed by atoms with Crippen molar-refractivity contribution in [2.24, 2.45) is 0 Å². The fourth-order valence-corrected chi connectivity index (χ4v) is 2.63. The maximum absolute atomic E-state index is 6.21. The highest BCUT2D eigenvalue weighted by molar-refractivity contribution is 6.30. The summed E-state index contributed by atoms with van der Waals surface area (Å²) in [5.41, 5.74) is 9.66. The van der Waals surface area contributed by atoms with Crippen LogP contribution in [0.1, 0.15) is 0 Å². The first-order valence-corrected chi connectivity index (χ1v) is 6.88. The summed E-state index contributed by atoms with van der Waals surface area (Å²) in [5, 5.41) is 1.69. The predicted octanol–water partition coefficient (Wildman–Crippen LogP) is 3.79. The predicted molar refractivity (Wildman–Crippen MR) is 85.4 cm³/mol. The molecule has 0 aliphatic rings. The number of hydrogen-bond acceptors (Lipinski definition) is 3. The second kappa shape index (κ2) is 4.46. The van der Waals surface area contributed by atoms with E-state index < -0.39 is 0 Å². The molecule has 4 nitrogen and oxygen atoms in total. The molecular weight excluding hydrogens is 284 g/mol. The molecule has 0 spiro atoms. The number of rotatable bonds is 1. The SMILES string of the molecule is Nc1c(-c2ccc3ncccc3c2)nc2ccc(Cl)cn12. The monoisotopic (exact) mass is 294 g/mol. The van der Waals surface area contributed by atoms with E-state index in [0.717, 1.165) is 27.8 Å². The van der Waals surface area contributed by atoms with Crippen molar-refractivity contribution in [3.63, 3.8) is 0 Å². The molecule has 1 aromatic carbocycles. The van der Waals surface area contributed by atoms with Crippen LogP contribution in [0, 0.1) is 0 Å². The fourth-order valence-electron chi connectivity index (χ4n) is 2.47. The number of nitrogens with zero attached hydrogens (tertiary/aromatic N) is 3. The lowest BCUT2D eigenvalue weighted by atomic mass is 10.1. The molecule has 2 N–H and O–H groups in total. The largest absolute Gasteiger partial charge is 0.383 e. The average molecular weight is 295 g/mol. The quantitative estimate of drug-likeness (QED) is 0.581. The molecular formula is C16H11ClN4. The van der Waals surface area contributed by atoms with Gasteiger partial charge < -0.3 is 5.73 Å². The lowest BCUT2D eigenvalue weighted by Gasteiger charge is -2.02. The van der Waals surface area contributed by atoms with Crippen LogP contribution in [0.3, 0.4) is 0 Å². The topological polar surface area (TPSA) is 56.2 Å². The number of benzene rings is 1. The molecule has 0 saturated carbocycles. The summed E-state index contributed by atoms with van der Waals surface area (Å²) in [5.74, 6) is 0.579. The fraction of sp³-hybridized carbons (Fsp3) is 0. The number of imidazole rings is 1. The van der Waals surface area contributed by atoms with Gasteiger partial charge in [-0.25, -0.2) is 4.98 Å². The Morgan fingerprint density at radius 3 is 2.90 bits per heavy atom. The molecule has 0 saturated heterocycles. The van der Waals surface area contributed by atoms with Crippen molar-refractivity contribution in [1.29, 1.82) is 0 Å². The maximum atomic E-state index is 6.21. The maximum Gasteiger partial charge on any atom is 0.139 e.